The summed E-state index contributed by atoms with van der Waals surface area (Å²) in [5.41, 5.74) is 0.354. The van der Waals surface area contributed by atoms with E-state index in [1.807, 2.05) is 23.1 Å². The number of fused-ring (bicyclic) bond motifs is 1. The van der Waals surface area contributed by atoms with E-state index in [1.165, 1.54) is 12.1 Å². The third-order valence-electron chi connectivity index (χ3n) is 6.47. The number of hydrogen-bond acceptors (Lipinski definition) is 3. The van der Waals surface area contributed by atoms with Crippen LogP contribution in [0.25, 0.3) is 0 Å². The van der Waals surface area contributed by atoms with Crippen LogP contribution < -0.4 is 0 Å². The van der Waals surface area contributed by atoms with Gasteiger partial charge in [0.05, 0.1) is 11.6 Å². The van der Waals surface area contributed by atoms with Gasteiger partial charge in [-0.05, 0) is 30.5 Å². The Hall–Kier alpha value is -2.73. The Morgan fingerprint density at radius 2 is 1.69 bits per heavy atom. The van der Waals surface area contributed by atoms with Gasteiger partial charge in [0, 0.05) is 25.9 Å². The molecule has 0 saturated carbocycles. The van der Waals surface area contributed by atoms with E-state index in [1.54, 1.807) is 17.0 Å². The highest BCUT2D eigenvalue weighted by Crippen LogP contribution is 2.47. The van der Waals surface area contributed by atoms with E-state index in [9.17, 15) is 14.0 Å². The maximum Gasteiger partial charge on any atom is 0.257 e. The van der Waals surface area contributed by atoms with Gasteiger partial charge in [-0.25, -0.2) is 4.39 Å². The lowest BCUT2D eigenvalue weighted by atomic mass is 9.89. The minimum Gasteiger partial charge on any atom is -0.342 e. The highest BCUT2D eigenvalue weighted by molar-refractivity contribution is 5.95. The van der Waals surface area contributed by atoms with Crippen molar-refractivity contribution in [2.45, 2.75) is 43.6 Å². The van der Waals surface area contributed by atoms with E-state index < -0.39 is 11.4 Å². The van der Waals surface area contributed by atoms with Crippen molar-refractivity contribution in [3.8, 4) is 0 Å². The lowest BCUT2D eigenvalue weighted by Crippen LogP contribution is -2.51. The molecular weight excluding hydrogens is 371 g/mol. The van der Waals surface area contributed by atoms with Crippen LogP contribution in [-0.4, -0.2) is 46.5 Å². The van der Waals surface area contributed by atoms with Gasteiger partial charge in [-0.3, -0.25) is 9.59 Å². The van der Waals surface area contributed by atoms with Gasteiger partial charge in [0.2, 0.25) is 0 Å². The van der Waals surface area contributed by atoms with Gasteiger partial charge in [-0.15, -0.1) is 0 Å². The molecule has 2 unspecified atom stereocenters. The van der Waals surface area contributed by atoms with Gasteiger partial charge >= 0.3 is 0 Å². The van der Waals surface area contributed by atoms with E-state index in [2.05, 4.69) is 12.1 Å². The van der Waals surface area contributed by atoms with Crippen molar-refractivity contribution in [3.63, 3.8) is 0 Å². The predicted molar refractivity (Wildman–Crippen MR) is 104 cm³/mol. The number of carbonyl (C=O) groups is 2. The molecule has 0 aliphatic carbocycles. The lowest BCUT2D eigenvalue weighted by molar-refractivity contribution is -0.142. The van der Waals surface area contributed by atoms with Crippen LogP contribution in [0.2, 0.25) is 0 Å². The molecule has 0 bridgehead atoms. The first-order valence-electron chi connectivity index (χ1n) is 10.2. The first-order chi connectivity index (χ1) is 14.1. The number of amides is 2. The summed E-state index contributed by atoms with van der Waals surface area (Å²) >= 11 is 0. The normalized spacial score (nSPS) is 25.5. The van der Waals surface area contributed by atoms with Gasteiger partial charge in [0.15, 0.2) is 5.60 Å². The number of halogens is 1. The molecule has 0 aromatic heterocycles. The van der Waals surface area contributed by atoms with Gasteiger partial charge in [-0.1, -0.05) is 42.5 Å². The Morgan fingerprint density at radius 3 is 2.41 bits per heavy atom. The third kappa shape index (κ3) is 2.94. The first-order valence-corrected chi connectivity index (χ1v) is 10.2. The van der Waals surface area contributed by atoms with Gasteiger partial charge in [-0.2, -0.15) is 0 Å². The van der Waals surface area contributed by atoms with E-state index >= 15 is 0 Å². The van der Waals surface area contributed by atoms with Crippen LogP contribution in [0.3, 0.4) is 0 Å². The van der Waals surface area contributed by atoms with Gasteiger partial charge in [0.25, 0.3) is 11.8 Å². The number of carbonyl (C=O) groups excluding carboxylic acids is 2. The first kappa shape index (κ1) is 18.3. The summed E-state index contributed by atoms with van der Waals surface area (Å²) in [5.74, 6) is -0.810. The van der Waals surface area contributed by atoms with Crippen LogP contribution in [0.4, 0.5) is 4.39 Å². The smallest absolute Gasteiger partial charge is 0.257 e. The molecule has 5 nitrogen and oxygen atoms in total. The largest absolute Gasteiger partial charge is 0.342 e. The molecule has 2 atom stereocenters. The third-order valence-corrected chi connectivity index (χ3v) is 6.47. The highest BCUT2D eigenvalue weighted by atomic mass is 19.1. The molecule has 5 rings (SSSR count). The number of benzene rings is 2. The van der Waals surface area contributed by atoms with Crippen LogP contribution in [0, 0.1) is 5.82 Å². The molecule has 2 amide bonds. The maximum atomic E-state index is 14.0. The van der Waals surface area contributed by atoms with Crippen LogP contribution >= 0.6 is 0 Å². The topological polar surface area (TPSA) is 49.9 Å². The monoisotopic (exact) mass is 394 g/mol. The Balaban J connectivity index is 1.31. The van der Waals surface area contributed by atoms with E-state index in [0.717, 1.165) is 18.4 Å². The summed E-state index contributed by atoms with van der Waals surface area (Å²) in [7, 11) is 0. The zero-order valence-corrected chi connectivity index (χ0v) is 16.1. The molecule has 3 heterocycles. The summed E-state index contributed by atoms with van der Waals surface area (Å²) in [4.78, 5) is 29.6. The second kappa shape index (κ2) is 6.95. The fourth-order valence-electron chi connectivity index (χ4n) is 4.92. The molecule has 2 aromatic rings. The number of nitrogens with zero attached hydrogens (tertiary/aromatic N) is 2. The average Bonchev–Trinajstić information content (AvgIpc) is 3.27. The van der Waals surface area contributed by atoms with E-state index in [0.29, 0.717) is 25.9 Å². The molecule has 3 saturated heterocycles. The molecular formula is C23H23FN2O3. The van der Waals surface area contributed by atoms with Crippen molar-refractivity contribution in [1.29, 1.82) is 0 Å². The molecule has 2 aromatic carbocycles. The predicted octanol–water partition coefficient (Wildman–Crippen LogP) is 3.52. The number of rotatable bonds is 2. The lowest BCUT2D eigenvalue weighted by Gasteiger charge is -2.37. The molecule has 0 radical (unpaired) electrons. The van der Waals surface area contributed by atoms with Crippen molar-refractivity contribution in [3.05, 3.63) is 71.5 Å². The molecule has 3 aliphatic heterocycles. The Kier molecular flexibility index (Phi) is 4.39. The van der Waals surface area contributed by atoms with Crippen LogP contribution in [0.5, 0.6) is 0 Å². The van der Waals surface area contributed by atoms with Crippen molar-refractivity contribution in [2.24, 2.45) is 0 Å². The fraction of sp³-hybridized carbons (Fsp3) is 0.391. The van der Waals surface area contributed by atoms with Crippen molar-refractivity contribution in [1.82, 2.24) is 9.80 Å². The SMILES string of the molecule is O=C(c1ccccc1F)N1CCC2(CC1)OC1CCC(c3ccccc3)N1C2=O. The fourth-order valence-corrected chi connectivity index (χ4v) is 4.92. The minimum absolute atomic E-state index is 0.0341. The standard InChI is InChI=1S/C23H23FN2O3/c24-18-9-5-4-8-17(18)21(27)25-14-12-23(13-15-25)22(28)26-19(10-11-20(26)29-23)16-6-2-1-3-7-16/h1-9,19-20H,10-15H2. The second-order valence-electron chi connectivity index (χ2n) is 8.06. The molecule has 3 aliphatic rings. The zero-order chi connectivity index (χ0) is 20.0. The summed E-state index contributed by atoms with van der Waals surface area (Å²) in [6, 6.07) is 16.1. The average molecular weight is 394 g/mol. The van der Waals surface area contributed by atoms with Gasteiger partial charge < -0.3 is 14.5 Å². The van der Waals surface area contributed by atoms with Crippen LogP contribution in [0.1, 0.15) is 47.6 Å². The molecule has 150 valence electrons. The van der Waals surface area contributed by atoms with Crippen molar-refractivity contribution >= 4 is 11.8 Å². The number of hydrogen-bond donors (Lipinski definition) is 0. The number of likely N-dealkylation sites (tertiary alicyclic amines) is 1. The number of ether oxygens (including phenoxy) is 1. The molecule has 1 spiro atoms. The molecule has 0 N–H and O–H groups in total. The second-order valence-corrected chi connectivity index (χ2v) is 8.06. The van der Waals surface area contributed by atoms with E-state index in [-0.39, 0.29) is 29.6 Å². The summed E-state index contributed by atoms with van der Waals surface area (Å²) in [6.07, 6.45) is 2.42. The highest BCUT2D eigenvalue weighted by Gasteiger charge is 2.58. The van der Waals surface area contributed by atoms with Crippen molar-refractivity contribution < 1.29 is 18.7 Å². The van der Waals surface area contributed by atoms with Crippen LogP contribution in [0.15, 0.2) is 54.6 Å². The summed E-state index contributed by atoms with van der Waals surface area (Å²) in [6.45, 7) is 0.769. The number of piperidine rings is 1. The maximum absolute atomic E-state index is 14.0. The Morgan fingerprint density at radius 1 is 1.00 bits per heavy atom. The van der Waals surface area contributed by atoms with E-state index in [4.69, 9.17) is 4.74 Å². The summed E-state index contributed by atoms with van der Waals surface area (Å²) in [5, 5.41) is 0. The Labute approximate surface area is 169 Å². The minimum atomic E-state index is -0.857. The summed E-state index contributed by atoms with van der Waals surface area (Å²) < 4.78 is 20.3. The molecule has 3 fully saturated rings. The zero-order valence-electron chi connectivity index (χ0n) is 16.1. The Bertz CT molecular complexity index is 940. The van der Waals surface area contributed by atoms with Crippen LogP contribution in [-0.2, 0) is 9.53 Å². The van der Waals surface area contributed by atoms with Gasteiger partial charge in [0.1, 0.15) is 12.0 Å². The molecule has 6 heteroatoms. The molecule has 29 heavy (non-hydrogen) atoms. The quantitative estimate of drug-likeness (QED) is 0.783. The van der Waals surface area contributed by atoms with Crippen molar-refractivity contribution in [2.75, 3.05) is 13.1 Å².